The zero-order chi connectivity index (χ0) is 67.5. The summed E-state index contributed by atoms with van der Waals surface area (Å²) >= 11 is 0. The zero-order valence-electron chi connectivity index (χ0n) is 60.3. The zero-order valence-corrected chi connectivity index (χ0v) is 61.1. The van der Waals surface area contributed by atoms with Gasteiger partial charge in [-0.05, 0) is 59.3 Å². The quantitative estimate of drug-likeness (QED) is 0.0358. The first-order chi connectivity index (χ1) is 42.9. The molecule has 0 aromatic carbocycles. The molecule has 0 spiro atoms. The number of rotatable bonds is 63. The molecule has 2 unspecified atom stereocenters. The number of nitrogens with zero attached hydrogens (tertiary/aromatic N) is 3. The van der Waals surface area contributed by atoms with E-state index < -0.39 is 28.3 Å². The molecule has 0 fully saturated rings. The van der Waals surface area contributed by atoms with Crippen LogP contribution in [0, 0.1) is 0 Å². The van der Waals surface area contributed by atoms with E-state index in [2.05, 4.69) is 57.7 Å². The molecule has 0 saturated heterocycles. The Kier molecular flexibility index (Phi) is 85.6. The normalized spacial score (nSPS) is 11.9. The van der Waals surface area contributed by atoms with E-state index in [0.29, 0.717) is 25.8 Å². The maximum absolute atomic E-state index is 10.3. The Morgan fingerprint density at radius 1 is 0.360 bits per heavy atom. The minimum atomic E-state index is -3.66. The summed E-state index contributed by atoms with van der Waals surface area (Å²) in [5.74, 6) is -1.96. The smallest absolute Gasteiger partial charge is 0.399 e. The summed E-state index contributed by atoms with van der Waals surface area (Å²) < 4.78 is 27.5. The maximum Gasteiger partial charge on any atom is 0.399 e. The fourth-order valence-corrected chi connectivity index (χ4v) is 10.7. The van der Waals surface area contributed by atoms with Crippen molar-refractivity contribution in [1.82, 2.24) is 14.7 Å². The lowest BCUT2D eigenvalue weighted by atomic mass is 10.0. The molecule has 0 aliphatic rings. The van der Waals surface area contributed by atoms with Crippen LogP contribution < -0.4 is 0 Å². The molecule has 0 bridgehead atoms. The number of unbranched alkanes of at least 4 members (excludes halogenated alkanes) is 42. The van der Waals surface area contributed by atoms with Crippen molar-refractivity contribution in [3.05, 3.63) is 12.3 Å². The minimum absolute atomic E-state index is 0.272. The second-order valence-corrected chi connectivity index (χ2v) is 26.5. The van der Waals surface area contributed by atoms with Gasteiger partial charge in [0.1, 0.15) is 0 Å². The third-order valence-corrected chi connectivity index (χ3v) is 16.9. The van der Waals surface area contributed by atoms with Crippen LogP contribution in [-0.4, -0.2) is 145 Å². The summed E-state index contributed by atoms with van der Waals surface area (Å²) in [6, 6.07) is 0. The van der Waals surface area contributed by atoms with Crippen molar-refractivity contribution < 1.29 is 56.7 Å². The number of aliphatic hydroxyl groups excluding tert-OH is 2. The van der Waals surface area contributed by atoms with Crippen LogP contribution in [0.15, 0.2) is 12.3 Å². The molecule has 0 saturated carbocycles. The van der Waals surface area contributed by atoms with Crippen LogP contribution in [0.4, 0.5) is 0 Å². The number of allylic oxidation sites excluding steroid dienone is 1. The summed E-state index contributed by atoms with van der Waals surface area (Å²) in [6.07, 6.45) is 64.1. The van der Waals surface area contributed by atoms with Crippen LogP contribution in [-0.2, 0) is 33.1 Å². The highest BCUT2D eigenvalue weighted by atomic mass is 32.3. The number of likely N-dealkylation sites (N-methyl/N-ethyl adjacent to an activating group) is 2. The fraction of sp³-hybridized carbons (Fsp3) is 0.932. The largest absolute Gasteiger partial charge is 0.481 e. The standard InChI is InChI=1S/3C18H36O2.C17H37N3O2.C2H6O4S/c3*1-2-3-4-5-6-7-8-9-10-11-12-13-14-15-16-17-18(19)20;1-6-9-20(15-17(5)22)13-11-18(7-2)10-12-19(8-3)14-16(4)21;1-5-7(3,4)6-2/h3*2-17H2,1H3,(H,19,20);6,9,16-17,21-22H,7-8,10-15H2,1-5H3;1-2H3/b;;;9-6+;. The highest BCUT2D eigenvalue weighted by Crippen LogP contribution is 2.17. The number of aliphatic hydroxyl groups is 2. The fourth-order valence-electron chi connectivity index (χ4n) is 10.5. The van der Waals surface area contributed by atoms with Crippen molar-refractivity contribution in [2.45, 2.75) is 376 Å². The molecular weight excluding hydrogens is 1140 g/mol. The number of carbonyl (C=O) groups is 3. The number of hydrogen-bond donors (Lipinski definition) is 5. The van der Waals surface area contributed by atoms with Gasteiger partial charge in [-0.1, -0.05) is 310 Å². The molecule has 15 nitrogen and oxygen atoms in total. The summed E-state index contributed by atoms with van der Waals surface area (Å²) in [5.41, 5.74) is 0. The van der Waals surface area contributed by atoms with Crippen LogP contribution in [0.3, 0.4) is 0 Å². The molecule has 89 heavy (non-hydrogen) atoms. The van der Waals surface area contributed by atoms with E-state index in [9.17, 15) is 33.0 Å². The van der Waals surface area contributed by atoms with Crippen molar-refractivity contribution in [2.24, 2.45) is 0 Å². The van der Waals surface area contributed by atoms with Crippen LogP contribution in [0.2, 0.25) is 0 Å². The van der Waals surface area contributed by atoms with Gasteiger partial charge in [-0.2, -0.15) is 8.42 Å². The molecule has 5 N–H and O–H groups in total. The van der Waals surface area contributed by atoms with Gasteiger partial charge < -0.3 is 35.3 Å². The first-order valence-electron chi connectivity index (χ1n) is 37.0. The van der Waals surface area contributed by atoms with Crippen molar-refractivity contribution in [3.63, 3.8) is 0 Å². The number of aliphatic carboxylic acids is 3. The molecule has 0 radical (unpaired) electrons. The average Bonchev–Trinajstić information content (AvgIpc) is 3.51. The van der Waals surface area contributed by atoms with E-state index in [4.69, 9.17) is 15.3 Å². The molecule has 0 amide bonds. The molecule has 536 valence electrons. The summed E-state index contributed by atoms with van der Waals surface area (Å²) in [7, 11) is -1.60. The van der Waals surface area contributed by atoms with Crippen molar-refractivity contribution in [1.29, 1.82) is 0 Å². The second-order valence-electron chi connectivity index (χ2n) is 25.0. The Morgan fingerprint density at radius 3 is 0.753 bits per heavy atom. The summed E-state index contributed by atoms with van der Waals surface area (Å²) in [4.78, 5) is 37.9. The van der Waals surface area contributed by atoms with Crippen molar-refractivity contribution >= 4 is 28.3 Å². The predicted molar refractivity (Wildman–Crippen MR) is 378 cm³/mol. The summed E-state index contributed by atoms with van der Waals surface area (Å²) in [6.45, 7) is 24.1. The van der Waals surface area contributed by atoms with E-state index in [-0.39, 0.29) is 12.2 Å². The van der Waals surface area contributed by atoms with Crippen LogP contribution in [0.1, 0.15) is 364 Å². The second kappa shape index (κ2) is 79.9. The monoisotopic (exact) mass is 1290 g/mol. The van der Waals surface area contributed by atoms with Gasteiger partial charge in [0, 0.05) is 58.5 Å². The van der Waals surface area contributed by atoms with Crippen LogP contribution in [0.25, 0.3) is 0 Å². The van der Waals surface area contributed by atoms with E-state index in [1.165, 1.54) is 250 Å². The lowest BCUT2D eigenvalue weighted by Gasteiger charge is -2.29. The van der Waals surface area contributed by atoms with Gasteiger partial charge in [-0.3, -0.25) is 27.6 Å². The first kappa shape index (κ1) is 95.4. The van der Waals surface area contributed by atoms with Crippen molar-refractivity contribution in [3.8, 4) is 0 Å². The number of carboxylic acids is 3. The minimum Gasteiger partial charge on any atom is -0.481 e. The van der Waals surface area contributed by atoms with Crippen molar-refractivity contribution in [2.75, 3.05) is 66.6 Å². The average molecular weight is 1300 g/mol. The predicted octanol–water partition coefficient (Wildman–Crippen LogP) is 19.7. The van der Waals surface area contributed by atoms with Crippen LogP contribution in [0.5, 0.6) is 0 Å². The lowest BCUT2D eigenvalue weighted by molar-refractivity contribution is -0.138. The molecule has 0 rings (SSSR count). The molecule has 16 heteroatoms. The Balaban J connectivity index is -0.000000340. The van der Waals surface area contributed by atoms with Gasteiger partial charge in [0.15, 0.2) is 0 Å². The molecular formula is C73H151N3O12S. The van der Waals surface area contributed by atoms with Gasteiger partial charge in [-0.25, -0.2) is 0 Å². The maximum atomic E-state index is 10.3. The molecule has 0 aliphatic carbocycles. The van der Waals surface area contributed by atoms with E-state index in [1.807, 2.05) is 33.0 Å². The van der Waals surface area contributed by atoms with Gasteiger partial charge in [0.2, 0.25) is 0 Å². The Morgan fingerprint density at radius 2 is 0.573 bits per heavy atom. The van der Waals surface area contributed by atoms with Gasteiger partial charge in [0.25, 0.3) is 0 Å². The number of carboxylic acid groups (broad SMARTS) is 3. The van der Waals surface area contributed by atoms with Gasteiger partial charge in [0.05, 0.1) is 26.4 Å². The molecule has 2 atom stereocenters. The Hall–Kier alpha value is -2.34. The van der Waals surface area contributed by atoms with E-state index in [1.54, 1.807) is 0 Å². The lowest BCUT2D eigenvalue weighted by Crippen LogP contribution is -2.41. The molecule has 0 aromatic heterocycles. The molecule has 0 aromatic rings. The van der Waals surface area contributed by atoms with Gasteiger partial charge in [-0.15, -0.1) is 0 Å². The third kappa shape index (κ3) is 94.5. The topological polar surface area (TPSA) is 215 Å². The van der Waals surface area contributed by atoms with Gasteiger partial charge >= 0.3 is 28.3 Å². The Labute approximate surface area is 551 Å². The summed E-state index contributed by atoms with van der Waals surface area (Å²) in [5, 5.41) is 44.6. The third-order valence-electron chi connectivity index (χ3n) is 16.1. The first-order valence-corrected chi connectivity index (χ1v) is 38.4. The number of hydrogen-bond acceptors (Lipinski definition) is 12. The van der Waals surface area contributed by atoms with E-state index in [0.717, 1.165) is 98.6 Å². The Bertz CT molecular complexity index is 1420. The van der Waals surface area contributed by atoms with E-state index >= 15 is 0 Å². The highest BCUT2D eigenvalue weighted by Gasteiger charge is 2.11. The highest BCUT2D eigenvalue weighted by molar-refractivity contribution is 7.81. The van der Waals surface area contributed by atoms with Crippen LogP contribution >= 0.6 is 0 Å². The SMILES string of the molecule is C/C=C/N(CCN(CC)CCN(CC)CC(C)O)CC(C)O.CCCCCCCCCCCCCCCCCC(=O)O.CCCCCCCCCCCCCCCCCC(=O)O.CCCCCCCCCCCCCCCCCC(=O)O.COS(=O)(=O)OC. The molecule has 0 aliphatic heterocycles. The molecule has 0 heterocycles.